The summed E-state index contributed by atoms with van der Waals surface area (Å²) in [4.78, 5) is 4.70. The van der Waals surface area contributed by atoms with E-state index in [1.54, 1.807) is 0 Å². The summed E-state index contributed by atoms with van der Waals surface area (Å²) in [5, 5.41) is 4.18. The molecule has 37 heavy (non-hydrogen) atoms. The Morgan fingerprint density at radius 1 is 0.649 bits per heavy atom. The van der Waals surface area contributed by atoms with Crippen LogP contribution in [0, 0.1) is 0 Å². The third-order valence-electron chi connectivity index (χ3n) is 7.02. The van der Waals surface area contributed by atoms with Crippen LogP contribution in [0.5, 0.6) is 0 Å². The Kier molecular flexibility index (Phi) is 9.57. The summed E-state index contributed by atoms with van der Waals surface area (Å²) in [6.07, 6.45) is 10.3. The fourth-order valence-electron chi connectivity index (χ4n) is 5.16. The molecule has 2 heterocycles. The van der Waals surface area contributed by atoms with Gasteiger partial charge in [0.05, 0.1) is 22.1 Å². The molecule has 0 aromatic heterocycles. The van der Waals surface area contributed by atoms with Gasteiger partial charge in [0.1, 0.15) is 5.82 Å². The topological polar surface area (TPSA) is 18.5 Å². The van der Waals surface area contributed by atoms with Crippen LogP contribution in [0.4, 0.5) is 11.4 Å². The molecule has 2 aliphatic rings. The van der Waals surface area contributed by atoms with Gasteiger partial charge in [-0.25, -0.2) is 0 Å². The first kappa shape index (κ1) is 29.3. The average molecular weight is 609 g/mol. The molecule has 0 bridgehead atoms. The number of dihydropyridines is 1. The summed E-state index contributed by atoms with van der Waals surface area (Å²) < 4.78 is 0. The van der Waals surface area contributed by atoms with E-state index in [1.165, 1.54) is 33.6 Å². The van der Waals surface area contributed by atoms with E-state index in [1.807, 2.05) is 18.4 Å². The zero-order valence-electron chi connectivity index (χ0n) is 23.2. The summed E-state index contributed by atoms with van der Waals surface area (Å²) >= 11 is 6.89. The monoisotopic (exact) mass is 607 g/mol. The maximum Gasteiger partial charge on any atom is 0.147 e. The minimum atomic E-state index is 0. The zero-order valence-corrected chi connectivity index (χ0v) is 25.6. The van der Waals surface area contributed by atoms with Crippen LogP contribution in [0.3, 0.4) is 0 Å². The van der Waals surface area contributed by atoms with E-state index in [0.717, 1.165) is 11.5 Å². The Balaban J connectivity index is 0.00000380. The molecule has 5 heteroatoms. The summed E-state index contributed by atoms with van der Waals surface area (Å²) in [5.74, 6) is 2.56. The van der Waals surface area contributed by atoms with Crippen molar-refractivity contribution >= 4 is 23.0 Å². The number of anilines is 2. The van der Waals surface area contributed by atoms with Crippen LogP contribution in [-0.4, -0.2) is 0 Å². The quantitative estimate of drug-likeness (QED) is 0.330. The molecular formula is C32H40ClN3Pd. The Hall–Kier alpha value is -2.25. The maximum absolute atomic E-state index is 6.89. The van der Waals surface area contributed by atoms with E-state index in [4.69, 9.17) is 11.6 Å². The van der Waals surface area contributed by atoms with E-state index in [0.29, 0.717) is 28.7 Å². The predicted octanol–water partition coefficient (Wildman–Crippen LogP) is 9.38. The Morgan fingerprint density at radius 3 is 1.35 bits per heavy atom. The van der Waals surface area contributed by atoms with Crippen molar-refractivity contribution in [3.8, 4) is 0 Å². The maximum atomic E-state index is 6.89. The fourth-order valence-corrected chi connectivity index (χ4v) is 5.37. The third kappa shape index (κ3) is 5.63. The molecule has 3 nitrogen and oxygen atoms in total. The van der Waals surface area contributed by atoms with Gasteiger partial charge in [0.2, 0.25) is 0 Å². The summed E-state index contributed by atoms with van der Waals surface area (Å²) in [7, 11) is 0. The zero-order chi connectivity index (χ0) is 26.1. The molecule has 1 N–H and O–H groups in total. The summed E-state index contributed by atoms with van der Waals surface area (Å²) in [6, 6.07) is 13.4. The molecule has 0 aliphatic carbocycles. The van der Waals surface area contributed by atoms with Crippen molar-refractivity contribution in [1.29, 1.82) is 0 Å². The minimum Gasteiger partial charge on any atom is -0.357 e. The number of rotatable bonds is 6. The van der Waals surface area contributed by atoms with Gasteiger partial charge in [-0.15, -0.1) is 0 Å². The average Bonchev–Trinajstić information content (AvgIpc) is 3.27. The number of allylic oxidation sites excluding steroid dienone is 3. The van der Waals surface area contributed by atoms with Gasteiger partial charge in [0.15, 0.2) is 0 Å². The van der Waals surface area contributed by atoms with Gasteiger partial charge in [-0.3, -0.25) is 9.80 Å². The van der Waals surface area contributed by atoms with E-state index in [9.17, 15) is 0 Å². The van der Waals surface area contributed by atoms with Crippen molar-refractivity contribution in [3.63, 3.8) is 0 Å². The molecule has 0 radical (unpaired) electrons. The number of hydrogen-bond donors (Lipinski definition) is 1. The second kappa shape index (κ2) is 12.1. The SMILES string of the molecule is CC(C)c1cccc(C(C)C)c1N1C=CN(c2c(C(C)C)cccc2C(C)C)C1=C1NC=CC=C1Cl.[Pd]. The van der Waals surface area contributed by atoms with Crippen molar-refractivity contribution in [1.82, 2.24) is 5.32 Å². The van der Waals surface area contributed by atoms with Crippen LogP contribution >= 0.6 is 11.6 Å². The second-order valence-electron chi connectivity index (χ2n) is 10.9. The van der Waals surface area contributed by atoms with E-state index in [2.05, 4.69) is 119 Å². The van der Waals surface area contributed by atoms with E-state index >= 15 is 0 Å². The summed E-state index contributed by atoms with van der Waals surface area (Å²) in [6.45, 7) is 18.2. The second-order valence-corrected chi connectivity index (χ2v) is 11.4. The van der Waals surface area contributed by atoms with Crippen molar-refractivity contribution in [2.45, 2.75) is 79.1 Å². The van der Waals surface area contributed by atoms with Crippen LogP contribution in [0.25, 0.3) is 0 Å². The van der Waals surface area contributed by atoms with Gasteiger partial charge in [0, 0.05) is 39.0 Å². The van der Waals surface area contributed by atoms with Gasteiger partial charge >= 0.3 is 0 Å². The van der Waals surface area contributed by atoms with Crippen LogP contribution in [0.2, 0.25) is 0 Å². The molecule has 0 amide bonds. The van der Waals surface area contributed by atoms with Gasteiger partial charge in [-0.05, 0) is 58.1 Å². The van der Waals surface area contributed by atoms with E-state index < -0.39 is 0 Å². The van der Waals surface area contributed by atoms with Crippen LogP contribution < -0.4 is 15.1 Å². The van der Waals surface area contributed by atoms with Gasteiger partial charge in [0.25, 0.3) is 0 Å². The Morgan fingerprint density at radius 2 is 1.03 bits per heavy atom. The molecule has 200 valence electrons. The Labute approximate surface area is 242 Å². The van der Waals surface area contributed by atoms with Crippen LogP contribution in [0.1, 0.15) is 101 Å². The van der Waals surface area contributed by atoms with Gasteiger partial charge in [-0.2, -0.15) is 0 Å². The molecule has 0 saturated carbocycles. The normalized spacial score (nSPS) is 15.3. The number of hydrogen-bond acceptors (Lipinski definition) is 3. The van der Waals surface area contributed by atoms with Gasteiger partial charge < -0.3 is 5.32 Å². The first-order chi connectivity index (χ1) is 17.1. The van der Waals surface area contributed by atoms with Crippen molar-refractivity contribution in [3.05, 3.63) is 106 Å². The molecule has 2 aliphatic heterocycles. The molecule has 4 rings (SSSR count). The largest absolute Gasteiger partial charge is 0.357 e. The predicted molar refractivity (Wildman–Crippen MR) is 157 cm³/mol. The Bertz CT molecular complexity index is 1120. The smallest absolute Gasteiger partial charge is 0.147 e. The van der Waals surface area contributed by atoms with Crippen LogP contribution in [-0.2, 0) is 20.4 Å². The van der Waals surface area contributed by atoms with Crippen molar-refractivity contribution < 1.29 is 20.4 Å². The number of halogens is 1. The molecular weight excluding hydrogens is 568 g/mol. The molecule has 0 atom stereocenters. The number of para-hydroxylation sites is 2. The molecule has 0 saturated heterocycles. The molecule has 0 fully saturated rings. The van der Waals surface area contributed by atoms with Crippen LogP contribution in [0.15, 0.2) is 83.7 Å². The van der Waals surface area contributed by atoms with Crippen molar-refractivity contribution in [2.24, 2.45) is 0 Å². The standard InChI is InChI=1S/C32H40ClN3.Pd/c1-20(2)24-12-9-13-25(21(3)4)30(24)35-18-19-36(32(35)29-28(33)16-11-17-34-29)31-26(22(5)6)14-10-15-27(31)23(7)8;/h9-23,34H,1-8H3;. The molecule has 2 aromatic rings. The first-order valence-corrected chi connectivity index (χ1v) is 13.6. The fraction of sp³-hybridized carbons (Fsp3) is 0.375. The third-order valence-corrected chi connectivity index (χ3v) is 7.33. The van der Waals surface area contributed by atoms with Gasteiger partial charge in [-0.1, -0.05) is 103 Å². The minimum absolute atomic E-state index is 0. The first-order valence-electron chi connectivity index (χ1n) is 13.2. The molecule has 0 spiro atoms. The van der Waals surface area contributed by atoms with E-state index in [-0.39, 0.29) is 20.4 Å². The van der Waals surface area contributed by atoms with Crippen molar-refractivity contribution in [2.75, 3.05) is 9.80 Å². The number of nitrogens with zero attached hydrogens (tertiary/aromatic N) is 2. The molecule has 2 aromatic carbocycles. The molecule has 0 unspecified atom stereocenters. The summed E-state index contributed by atoms with van der Waals surface area (Å²) in [5.41, 5.74) is 8.73. The number of nitrogens with one attached hydrogen (secondary N) is 1. The number of benzene rings is 2.